The number of aromatic nitrogens is 2. The van der Waals surface area contributed by atoms with Gasteiger partial charge in [0.15, 0.2) is 0 Å². The zero-order valence-corrected chi connectivity index (χ0v) is 17.1. The number of nitrogens with one attached hydrogen (secondary N) is 2. The number of nitrogens with zero attached hydrogens (tertiary/aromatic N) is 1. The van der Waals surface area contributed by atoms with Crippen molar-refractivity contribution in [2.75, 3.05) is 0 Å². The summed E-state index contributed by atoms with van der Waals surface area (Å²) in [4.78, 5) is 27.2. The molecular weight excluding hydrogens is 416 g/mol. The van der Waals surface area contributed by atoms with Gasteiger partial charge in [0.25, 0.3) is 5.56 Å². The molecule has 0 radical (unpaired) electrons. The van der Waals surface area contributed by atoms with Gasteiger partial charge in [0.05, 0.1) is 15.8 Å². The molecule has 1 aliphatic rings. The van der Waals surface area contributed by atoms with Crippen molar-refractivity contribution in [2.24, 2.45) is 7.05 Å². The van der Waals surface area contributed by atoms with Crippen LogP contribution in [0.3, 0.4) is 0 Å². The number of rotatable bonds is 5. The summed E-state index contributed by atoms with van der Waals surface area (Å²) >= 11 is 0. The summed E-state index contributed by atoms with van der Waals surface area (Å²) in [6.45, 7) is 1.77. The maximum absolute atomic E-state index is 13.7. The van der Waals surface area contributed by atoms with Gasteiger partial charge in [0.1, 0.15) is 11.6 Å². The van der Waals surface area contributed by atoms with Crippen LogP contribution < -0.4 is 16.0 Å². The third kappa shape index (κ3) is 3.68. The number of H-pyrrole nitrogens is 1. The van der Waals surface area contributed by atoms with Crippen molar-refractivity contribution in [3.8, 4) is 0 Å². The van der Waals surface area contributed by atoms with E-state index in [1.807, 2.05) is 0 Å². The summed E-state index contributed by atoms with van der Waals surface area (Å²) < 4.78 is 57.1. The molecule has 0 saturated heterocycles. The van der Waals surface area contributed by atoms with Gasteiger partial charge in [-0.15, -0.1) is 0 Å². The van der Waals surface area contributed by atoms with Gasteiger partial charge in [-0.25, -0.2) is 26.7 Å². The average molecular weight is 435 g/mol. The van der Waals surface area contributed by atoms with Gasteiger partial charge < -0.3 is 4.98 Å². The third-order valence-electron chi connectivity index (χ3n) is 5.31. The second kappa shape index (κ2) is 6.85. The molecule has 0 bridgehead atoms. The van der Waals surface area contributed by atoms with Gasteiger partial charge in [-0.05, 0) is 61.6 Å². The molecule has 3 aromatic rings. The molecule has 0 atom stereocenters. The van der Waals surface area contributed by atoms with Crippen LogP contribution in [0.25, 0.3) is 10.9 Å². The van der Waals surface area contributed by atoms with E-state index in [0.29, 0.717) is 18.9 Å². The van der Waals surface area contributed by atoms with E-state index in [-0.39, 0.29) is 33.3 Å². The van der Waals surface area contributed by atoms with Gasteiger partial charge in [0.2, 0.25) is 10.0 Å². The van der Waals surface area contributed by atoms with Crippen LogP contribution in [-0.2, 0) is 23.5 Å². The summed E-state index contributed by atoms with van der Waals surface area (Å²) in [5.74, 6) is -1.64. The Morgan fingerprint density at radius 2 is 1.77 bits per heavy atom. The Bertz CT molecular complexity index is 1390. The Balaban J connectivity index is 2.00. The number of hydrogen-bond acceptors (Lipinski definition) is 4. The van der Waals surface area contributed by atoms with E-state index in [2.05, 4.69) is 9.71 Å². The number of halogens is 2. The molecule has 0 unspecified atom stereocenters. The Hall–Kier alpha value is -2.85. The first-order chi connectivity index (χ1) is 14.0. The normalized spacial score (nSPS) is 15.5. The number of benzene rings is 2. The van der Waals surface area contributed by atoms with Crippen LogP contribution in [-0.4, -0.2) is 23.5 Å². The molecule has 4 rings (SSSR count). The second-order valence-corrected chi connectivity index (χ2v) is 9.53. The minimum Gasteiger partial charge on any atom is -0.307 e. The second-order valence-electron chi connectivity index (χ2n) is 7.88. The smallest absolute Gasteiger partial charge is 0.307 e. The van der Waals surface area contributed by atoms with Gasteiger partial charge in [-0.2, -0.15) is 0 Å². The lowest BCUT2D eigenvalue weighted by Gasteiger charge is -2.17. The first-order valence-electron chi connectivity index (χ1n) is 9.23. The largest absolute Gasteiger partial charge is 0.328 e. The molecule has 1 saturated carbocycles. The molecule has 30 heavy (non-hydrogen) atoms. The number of sulfonamides is 1. The monoisotopic (exact) mass is 435 g/mol. The minimum atomic E-state index is -4.04. The van der Waals surface area contributed by atoms with Gasteiger partial charge >= 0.3 is 5.69 Å². The average Bonchev–Trinajstić information content (AvgIpc) is 3.34. The summed E-state index contributed by atoms with van der Waals surface area (Å²) in [5, 5.41) is -0.0226. The molecular formula is C20H19F2N3O4S. The van der Waals surface area contributed by atoms with E-state index in [0.717, 1.165) is 16.7 Å². The van der Waals surface area contributed by atoms with Crippen LogP contribution in [0.4, 0.5) is 8.78 Å². The highest BCUT2D eigenvalue weighted by atomic mass is 32.2. The Labute approximate surface area is 170 Å². The highest BCUT2D eigenvalue weighted by Crippen LogP contribution is 2.37. The molecule has 0 aliphatic heterocycles. The molecule has 2 N–H and O–H groups in total. The van der Waals surface area contributed by atoms with Crippen molar-refractivity contribution >= 4 is 20.9 Å². The van der Waals surface area contributed by atoms with Crippen molar-refractivity contribution in [1.29, 1.82) is 0 Å². The summed E-state index contributed by atoms with van der Waals surface area (Å²) in [6.07, 6.45) is 1.14. The lowest BCUT2D eigenvalue weighted by molar-refractivity contribution is 0.557. The fraction of sp³-hybridized carbons (Fsp3) is 0.300. The summed E-state index contributed by atoms with van der Waals surface area (Å²) in [5.41, 5.74) is -1.56. The topological polar surface area (TPSA) is 101 Å². The van der Waals surface area contributed by atoms with Crippen molar-refractivity contribution in [2.45, 2.75) is 36.6 Å². The zero-order valence-electron chi connectivity index (χ0n) is 16.3. The first kappa shape index (κ1) is 20.4. The quantitative estimate of drug-likeness (QED) is 0.640. The minimum absolute atomic E-state index is 0.0226. The van der Waals surface area contributed by atoms with E-state index in [1.165, 1.54) is 19.2 Å². The number of fused-ring (bicyclic) bond motifs is 1. The van der Waals surface area contributed by atoms with Crippen molar-refractivity contribution in [1.82, 2.24) is 14.3 Å². The Kier molecular flexibility index (Phi) is 4.66. The highest BCUT2D eigenvalue weighted by molar-refractivity contribution is 7.89. The first-order valence-corrected chi connectivity index (χ1v) is 10.7. The van der Waals surface area contributed by atoms with Crippen LogP contribution in [0.1, 0.15) is 30.9 Å². The molecule has 0 amide bonds. The summed E-state index contributed by atoms with van der Waals surface area (Å²) in [6, 6.07) is 5.48. The van der Waals surface area contributed by atoms with Gasteiger partial charge in [0, 0.05) is 18.7 Å². The Morgan fingerprint density at radius 3 is 2.37 bits per heavy atom. The van der Waals surface area contributed by atoms with Crippen molar-refractivity contribution in [3.05, 3.63) is 73.9 Å². The lowest BCUT2D eigenvalue weighted by Crippen LogP contribution is -2.36. The molecule has 10 heteroatoms. The van der Waals surface area contributed by atoms with E-state index in [4.69, 9.17) is 0 Å². The molecule has 158 valence electrons. The van der Waals surface area contributed by atoms with E-state index in [9.17, 15) is 26.8 Å². The molecule has 1 heterocycles. The fourth-order valence-electron chi connectivity index (χ4n) is 3.45. The van der Waals surface area contributed by atoms with Crippen LogP contribution in [0.5, 0.6) is 0 Å². The predicted octanol–water partition coefficient (Wildman–Crippen LogP) is 1.93. The van der Waals surface area contributed by atoms with Crippen molar-refractivity contribution in [3.63, 3.8) is 0 Å². The van der Waals surface area contributed by atoms with Crippen molar-refractivity contribution < 1.29 is 17.2 Å². The molecule has 2 aromatic carbocycles. The SMILES string of the molecule is Cn1c(=O)[nH]c2ccc(S(=O)(=O)NC3(C)CC3)c(Cc3cc(F)cc(F)c3)c2c1=O. The van der Waals surface area contributed by atoms with E-state index < -0.39 is 38.4 Å². The zero-order chi connectivity index (χ0) is 21.8. The molecule has 1 aliphatic carbocycles. The van der Waals surface area contributed by atoms with E-state index in [1.54, 1.807) is 6.92 Å². The predicted molar refractivity (Wildman–Crippen MR) is 107 cm³/mol. The van der Waals surface area contributed by atoms with E-state index >= 15 is 0 Å². The summed E-state index contributed by atoms with van der Waals surface area (Å²) in [7, 11) is -2.77. The van der Waals surface area contributed by atoms with Crippen LogP contribution in [0.2, 0.25) is 0 Å². The molecule has 7 nitrogen and oxygen atoms in total. The maximum Gasteiger partial charge on any atom is 0.328 e. The standard InChI is InChI=1S/C20H19F2N3O4S/c1-20(5-6-20)24-30(28,29)16-4-3-15-17(18(26)25(2)19(27)23-15)14(16)9-11-7-12(21)10-13(22)8-11/h3-4,7-8,10,24H,5-6,9H2,1-2H3,(H,23,27). The Morgan fingerprint density at radius 1 is 1.13 bits per heavy atom. The third-order valence-corrected chi connectivity index (χ3v) is 7.03. The van der Waals surface area contributed by atoms with Gasteiger partial charge in [-0.3, -0.25) is 9.36 Å². The number of hydrogen-bond donors (Lipinski definition) is 2. The highest BCUT2D eigenvalue weighted by Gasteiger charge is 2.42. The molecule has 1 aromatic heterocycles. The lowest BCUT2D eigenvalue weighted by atomic mass is 10.0. The molecule has 0 spiro atoms. The fourth-order valence-corrected chi connectivity index (χ4v) is 5.16. The van der Waals surface area contributed by atoms with Gasteiger partial charge in [-0.1, -0.05) is 0 Å². The molecule has 1 fully saturated rings. The maximum atomic E-state index is 13.7. The van der Waals surface area contributed by atoms with Crippen LogP contribution >= 0.6 is 0 Å². The van der Waals surface area contributed by atoms with Crippen LogP contribution in [0.15, 0.2) is 44.8 Å². The number of aromatic amines is 1. The van der Waals surface area contributed by atoms with Crippen LogP contribution in [0, 0.1) is 11.6 Å².